The van der Waals surface area contributed by atoms with E-state index in [2.05, 4.69) is 25.2 Å². The second-order valence-electron chi connectivity index (χ2n) is 5.44. The lowest BCUT2D eigenvalue weighted by atomic mass is 9.96. The topological polar surface area (TPSA) is 60.6 Å². The van der Waals surface area contributed by atoms with Gasteiger partial charge in [0.05, 0.1) is 6.20 Å². The molecule has 6 nitrogen and oxygen atoms in total. The fourth-order valence-corrected chi connectivity index (χ4v) is 2.81. The van der Waals surface area contributed by atoms with E-state index in [0.717, 1.165) is 25.5 Å². The van der Waals surface area contributed by atoms with Crippen molar-refractivity contribution in [2.45, 2.75) is 57.7 Å². The lowest BCUT2D eigenvalue weighted by Crippen LogP contribution is -2.24. The number of rotatable bonds is 6. The van der Waals surface area contributed by atoms with Gasteiger partial charge in [0.1, 0.15) is 0 Å². The van der Waals surface area contributed by atoms with E-state index < -0.39 is 0 Å². The Balaban J connectivity index is 1.50. The number of hydrogen-bond donors (Lipinski definition) is 1. The van der Waals surface area contributed by atoms with Crippen molar-refractivity contribution in [3.8, 4) is 0 Å². The van der Waals surface area contributed by atoms with Crippen LogP contribution in [0, 0.1) is 0 Å². The molecular weight excluding hydrogens is 252 g/mol. The zero-order valence-electron chi connectivity index (χ0n) is 11.8. The third-order valence-electron chi connectivity index (χ3n) is 3.91. The Hall–Kier alpha value is -1.85. The molecule has 2 aromatic rings. The van der Waals surface area contributed by atoms with Gasteiger partial charge in [-0.2, -0.15) is 0 Å². The molecule has 3 rings (SSSR count). The first kappa shape index (κ1) is 13.1. The lowest BCUT2D eigenvalue weighted by molar-refractivity contribution is 0.457. The van der Waals surface area contributed by atoms with Crippen molar-refractivity contribution in [2.75, 3.05) is 5.32 Å². The van der Waals surface area contributed by atoms with Crippen LogP contribution >= 0.6 is 0 Å². The smallest absolute Gasteiger partial charge is 0.202 e. The molecule has 2 aromatic heterocycles. The Bertz CT molecular complexity index is 497. The van der Waals surface area contributed by atoms with Crippen LogP contribution in [0.5, 0.6) is 0 Å². The Labute approximate surface area is 119 Å². The van der Waals surface area contributed by atoms with Crippen LogP contribution in [0.1, 0.15) is 38.5 Å². The molecule has 2 heterocycles. The Morgan fingerprint density at radius 1 is 1.10 bits per heavy atom. The van der Waals surface area contributed by atoms with Crippen LogP contribution in [0.4, 0.5) is 5.95 Å². The molecule has 0 saturated heterocycles. The Morgan fingerprint density at radius 3 is 2.80 bits per heavy atom. The summed E-state index contributed by atoms with van der Waals surface area (Å²) in [6, 6.07) is 0.597. The Morgan fingerprint density at radius 2 is 2.00 bits per heavy atom. The van der Waals surface area contributed by atoms with Gasteiger partial charge in [0.2, 0.25) is 5.95 Å². The van der Waals surface area contributed by atoms with E-state index in [-0.39, 0.29) is 0 Å². The number of aromatic nitrogens is 5. The maximum atomic E-state index is 4.44. The molecule has 0 bridgehead atoms. The molecule has 1 saturated carbocycles. The van der Waals surface area contributed by atoms with Crippen molar-refractivity contribution >= 4 is 5.95 Å². The summed E-state index contributed by atoms with van der Waals surface area (Å²) in [7, 11) is 0. The van der Waals surface area contributed by atoms with E-state index >= 15 is 0 Å². The normalized spacial score (nSPS) is 16.4. The molecule has 0 radical (unpaired) electrons. The number of nitrogens with one attached hydrogen (secondary N) is 1. The van der Waals surface area contributed by atoms with E-state index in [0.29, 0.717) is 6.04 Å². The van der Waals surface area contributed by atoms with E-state index in [1.807, 2.05) is 23.3 Å². The summed E-state index contributed by atoms with van der Waals surface area (Å²) in [6.45, 7) is 1.84. The van der Waals surface area contributed by atoms with Crippen molar-refractivity contribution in [2.24, 2.45) is 0 Å². The molecule has 0 aromatic carbocycles. The van der Waals surface area contributed by atoms with E-state index in [1.165, 1.54) is 32.1 Å². The van der Waals surface area contributed by atoms with Crippen LogP contribution in [-0.2, 0) is 13.1 Å². The molecule has 108 valence electrons. The van der Waals surface area contributed by atoms with Crippen LogP contribution in [0.25, 0.3) is 0 Å². The molecule has 6 heteroatoms. The highest BCUT2D eigenvalue weighted by Crippen LogP contribution is 2.21. The minimum Gasteiger partial charge on any atom is -0.353 e. The van der Waals surface area contributed by atoms with Crippen LogP contribution in [0.15, 0.2) is 24.8 Å². The summed E-state index contributed by atoms with van der Waals surface area (Å²) >= 11 is 0. The van der Waals surface area contributed by atoms with Gasteiger partial charge in [-0.15, -0.1) is 5.10 Å². The summed E-state index contributed by atoms with van der Waals surface area (Å²) in [5, 5.41) is 11.4. The highest BCUT2D eigenvalue weighted by atomic mass is 15.4. The number of anilines is 1. The van der Waals surface area contributed by atoms with Gasteiger partial charge in [0.15, 0.2) is 0 Å². The first-order valence-electron chi connectivity index (χ1n) is 7.53. The summed E-state index contributed by atoms with van der Waals surface area (Å²) in [4.78, 5) is 4.44. The van der Waals surface area contributed by atoms with Crippen molar-refractivity contribution in [1.29, 1.82) is 0 Å². The van der Waals surface area contributed by atoms with Crippen LogP contribution < -0.4 is 5.32 Å². The summed E-state index contributed by atoms with van der Waals surface area (Å²) in [5.74, 6) is 1.01. The predicted molar refractivity (Wildman–Crippen MR) is 77.4 cm³/mol. The maximum absolute atomic E-state index is 4.44. The first-order valence-corrected chi connectivity index (χ1v) is 7.53. The highest BCUT2D eigenvalue weighted by molar-refractivity contribution is 5.27. The van der Waals surface area contributed by atoms with Crippen molar-refractivity contribution < 1.29 is 0 Å². The largest absolute Gasteiger partial charge is 0.353 e. The predicted octanol–water partition coefficient (Wildman–Crippen LogP) is 2.31. The van der Waals surface area contributed by atoms with Crippen molar-refractivity contribution in [1.82, 2.24) is 24.5 Å². The van der Waals surface area contributed by atoms with Gasteiger partial charge in [-0.1, -0.05) is 24.5 Å². The number of nitrogens with zero attached hydrogens (tertiary/aromatic N) is 5. The number of hydrogen-bond acceptors (Lipinski definition) is 4. The van der Waals surface area contributed by atoms with Crippen LogP contribution in [0.2, 0.25) is 0 Å². The second-order valence-corrected chi connectivity index (χ2v) is 5.44. The highest BCUT2D eigenvalue weighted by Gasteiger charge is 2.14. The van der Waals surface area contributed by atoms with Crippen LogP contribution in [-0.4, -0.2) is 30.6 Å². The molecule has 1 aliphatic rings. The standard InChI is InChI=1S/C14H22N6/c1-2-5-13(6-3-1)17-14-15-7-11-19(14)9-4-10-20-12-8-16-18-20/h7-8,11-13H,1-6,9-10H2,(H,15,17). The average Bonchev–Trinajstić information content (AvgIpc) is 3.13. The van der Waals surface area contributed by atoms with Gasteiger partial charge in [-0.25, -0.2) is 4.98 Å². The third-order valence-corrected chi connectivity index (χ3v) is 3.91. The minimum atomic E-state index is 0.597. The minimum absolute atomic E-state index is 0.597. The summed E-state index contributed by atoms with van der Waals surface area (Å²) < 4.78 is 4.07. The molecule has 0 unspecified atom stereocenters. The second kappa shape index (κ2) is 6.54. The number of aryl methyl sites for hydroxylation is 2. The monoisotopic (exact) mass is 274 g/mol. The number of imidazole rings is 1. The van der Waals surface area contributed by atoms with Crippen LogP contribution in [0.3, 0.4) is 0 Å². The van der Waals surface area contributed by atoms with Gasteiger partial charge >= 0.3 is 0 Å². The first-order chi connectivity index (χ1) is 9.92. The quantitative estimate of drug-likeness (QED) is 0.878. The van der Waals surface area contributed by atoms with Gasteiger partial charge in [-0.05, 0) is 19.3 Å². The van der Waals surface area contributed by atoms with Gasteiger partial charge in [0, 0.05) is 37.7 Å². The Kier molecular flexibility index (Phi) is 4.30. The summed E-state index contributed by atoms with van der Waals surface area (Å²) in [5.41, 5.74) is 0. The molecule has 20 heavy (non-hydrogen) atoms. The van der Waals surface area contributed by atoms with E-state index in [4.69, 9.17) is 0 Å². The molecule has 1 fully saturated rings. The molecule has 0 atom stereocenters. The summed E-state index contributed by atoms with van der Waals surface area (Å²) in [6.07, 6.45) is 15.2. The van der Waals surface area contributed by atoms with E-state index in [9.17, 15) is 0 Å². The van der Waals surface area contributed by atoms with Gasteiger partial charge < -0.3 is 9.88 Å². The zero-order chi connectivity index (χ0) is 13.6. The molecule has 1 aliphatic carbocycles. The van der Waals surface area contributed by atoms with Crippen molar-refractivity contribution in [3.05, 3.63) is 24.8 Å². The molecule has 0 aliphatic heterocycles. The fourth-order valence-electron chi connectivity index (χ4n) is 2.81. The molecule has 0 spiro atoms. The molecular formula is C14H22N6. The van der Waals surface area contributed by atoms with Gasteiger partial charge in [-0.3, -0.25) is 4.68 Å². The van der Waals surface area contributed by atoms with E-state index in [1.54, 1.807) is 6.20 Å². The average molecular weight is 274 g/mol. The molecule has 1 N–H and O–H groups in total. The lowest BCUT2D eigenvalue weighted by Gasteiger charge is -2.23. The fraction of sp³-hybridized carbons (Fsp3) is 0.643. The van der Waals surface area contributed by atoms with Crippen molar-refractivity contribution in [3.63, 3.8) is 0 Å². The van der Waals surface area contributed by atoms with Gasteiger partial charge in [0.25, 0.3) is 0 Å². The molecule has 0 amide bonds. The maximum Gasteiger partial charge on any atom is 0.202 e. The third kappa shape index (κ3) is 3.37. The zero-order valence-corrected chi connectivity index (χ0v) is 11.8. The SMILES string of the molecule is c1cn(CCCn2ccnc2NC2CCCCC2)nn1.